The summed E-state index contributed by atoms with van der Waals surface area (Å²) in [6, 6.07) is 11.5. The Labute approximate surface area is 152 Å². The van der Waals surface area contributed by atoms with E-state index in [0.717, 1.165) is 16.3 Å². The second-order valence-corrected chi connectivity index (χ2v) is 5.40. The number of ether oxygens (including phenoxy) is 1. The van der Waals surface area contributed by atoms with E-state index >= 15 is 0 Å². The Hall–Kier alpha value is -3.95. The van der Waals surface area contributed by atoms with Crippen LogP contribution in [0.1, 0.15) is 5.56 Å². The molecule has 0 unspecified atom stereocenters. The van der Waals surface area contributed by atoms with Crippen LogP contribution in [0.3, 0.4) is 0 Å². The van der Waals surface area contributed by atoms with E-state index in [2.05, 4.69) is 26.0 Å². The number of amides is 1. The zero-order valence-corrected chi connectivity index (χ0v) is 14.3. The molecule has 0 aliphatic heterocycles. The van der Waals surface area contributed by atoms with E-state index in [1.165, 1.54) is 6.21 Å². The molecule has 10 nitrogen and oxygen atoms in total. The van der Waals surface area contributed by atoms with Crippen molar-refractivity contribution in [2.45, 2.75) is 0 Å². The predicted octanol–water partition coefficient (Wildman–Crippen LogP) is 0.182. The molecule has 1 amide bonds. The zero-order chi connectivity index (χ0) is 19.2. The highest BCUT2D eigenvalue weighted by atomic mass is 16.5. The first-order valence-electron chi connectivity index (χ1n) is 7.89. The molecule has 0 aliphatic rings. The Kier molecular flexibility index (Phi) is 5.26. The second-order valence-electron chi connectivity index (χ2n) is 5.40. The number of carbonyl (C=O) groups is 1. The van der Waals surface area contributed by atoms with Gasteiger partial charge >= 0.3 is 5.69 Å². The van der Waals surface area contributed by atoms with E-state index in [-0.39, 0.29) is 12.4 Å². The average molecular weight is 368 g/mol. The number of nitrogens with one attached hydrogen (secondary N) is 4. The van der Waals surface area contributed by atoms with Gasteiger partial charge in [0.05, 0.1) is 19.9 Å². The van der Waals surface area contributed by atoms with Crippen LogP contribution in [-0.4, -0.2) is 41.0 Å². The minimum absolute atomic E-state index is 0.176. The summed E-state index contributed by atoms with van der Waals surface area (Å²) in [6.45, 7) is -0.258. The van der Waals surface area contributed by atoms with Crippen molar-refractivity contribution in [3.63, 3.8) is 0 Å². The lowest BCUT2D eigenvalue weighted by Crippen LogP contribution is -2.31. The summed E-state index contributed by atoms with van der Waals surface area (Å²) in [5.74, 6) is -0.0592. The molecule has 4 N–H and O–H groups in total. The smallest absolute Gasteiger partial charge is 0.342 e. The highest BCUT2D eigenvalue weighted by Gasteiger charge is 2.07. The molecule has 0 fully saturated rings. The van der Waals surface area contributed by atoms with Gasteiger partial charge in [0.1, 0.15) is 5.75 Å². The molecule has 3 aromatic rings. The van der Waals surface area contributed by atoms with E-state index < -0.39 is 17.2 Å². The van der Waals surface area contributed by atoms with E-state index in [4.69, 9.17) is 4.74 Å². The monoisotopic (exact) mass is 368 g/mol. The fourth-order valence-corrected chi connectivity index (χ4v) is 2.43. The lowest BCUT2D eigenvalue weighted by molar-refractivity contribution is -0.119. The van der Waals surface area contributed by atoms with Gasteiger partial charge in [-0.2, -0.15) is 5.10 Å². The normalized spacial score (nSPS) is 10.9. The van der Waals surface area contributed by atoms with Gasteiger partial charge in [-0.05, 0) is 16.8 Å². The first kappa shape index (κ1) is 17.9. The fraction of sp³-hybridized carbons (Fsp3) is 0.118. The van der Waals surface area contributed by atoms with Gasteiger partial charge in [-0.3, -0.25) is 14.6 Å². The molecule has 0 atom stereocenters. The largest absolute Gasteiger partial charge is 0.496 e. The SMILES string of the molecule is COc1ccc2ccccc2c1/C=N/NC(=O)CNc1n[nH]c(=O)[nH]c1=O. The Morgan fingerprint density at radius 3 is 2.85 bits per heavy atom. The van der Waals surface area contributed by atoms with E-state index in [0.29, 0.717) is 5.75 Å². The summed E-state index contributed by atoms with van der Waals surface area (Å²) in [5.41, 5.74) is 1.61. The van der Waals surface area contributed by atoms with Crippen LogP contribution in [-0.2, 0) is 4.79 Å². The number of nitrogens with zero attached hydrogens (tertiary/aromatic N) is 2. The van der Waals surface area contributed by atoms with Crippen LogP contribution in [0.4, 0.5) is 5.82 Å². The summed E-state index contributed by atoms with van der Waals surface area (Å²) in [4.78, 5) is 36.2. The molecule has 2 aromatic carbocycles. The molecule has 0 radical (unpaired) electrons. The van der Waals surface area contributed by atoms with Crippen molar-refractivity contribution in [2.75, 3.05) is 19.0 Å². The van der Waals surface area contributed by atoms with Crippen molar-refractivity contribution in [3.05, 3.63) is 62.8 Å². The molecule has 1 aromatic heterocycles. The Morgan fingerprint density at radius 2 is 2.07 bits per heavy atom. The van der Waals surface area contributed by atoms with Gasteiger partial charge in [0.25, 0.3) is 11.5 Å². The highest BCUT2D eigenvalue weighted by molar-refractivity contribution is 6.02. The molecule has 1 heterocycles. The van der Waals surface area contributed by atoms with Crippen molar-refractivity contribution < 1.29 is 9.53 Å². The standard InChI is InChI=1S/C17H16N6O4/c1-27-13-7-6-10-4-2-3-5-11(10)12(13)8-19-21-14(24)9-18-15-16(25)20-17(26)23-22-15/h2-8H,9H2,1H3,(H,18,22)(H,21,24)(H2,20,23,25,26)/b19-8+. The number of hydrogen-bond acceptors (Lipinski definition) is 7. The quantitative estimate of drug-likeness (QED) is 0.361. The number of aromatic amines is 2. The van der Waals surface area contributed by atoms with Gasteiger partial charge in [0, 0.05) is 5.56 Å². The van der Waals surface area contributed by atoms with Crippen LogP contribution in [0.5, 0.6) is 5.75 Å². The van der Waals surface area contributed by atoms with Crippen LogP contribution in [0.2, 0.25) is 0 Å². The van der Waals surface area contributed by atoms with Crippen molar-refractivity contribution in [2.24, 2.45) is 5.10 Å². The van der Waals surface area contributed by atoms with E-state index in [9.17, 15) is 14.4 Å². The second kappa shape index (κ2) is 7.95. The van der Waals surface area contributed by atoms with Crippen molar-refractivity contribution >= 4 is 28.7 Å². The summed E-state index contributed by atoms with van der Waals surface area (Å²) in [5, 5.41) is 14.0. The molecule has 0 aliphatic carbocycles. The van der Waals surface area contributed by atoms with Gasteiger partial charge < -0.3 is 10.1 Å². The first-order chi connectivity index (χ1) is 13.1. The number of fused-ring (bicyclic) bond motifs is 1. The first-order valence-corrected chi connectivity index (χ1v) is 7.89. The summed E-state index contributed by atoms with van der Waals surface area (Å²) in [6.07, 6.45) is 1.49. The Bertz CT molecular complexity index is 1120. The maximum atomic E-state index is 11.9. The predicted molar refractivity (Wildman–Crippen MR) is 100 cm³/mol. The molecule has 138 valence electrons. The number of methoxy groups -OCH3 is 1. The molecule has 0 bridgehead atoms. The molecular weight excluding hydrogens is 352 g/mol. The van der Waals surface area contributed by atoms with Gasteiger partial charge in [0.15, 0.2) is 0 Å². The van der Waals surface area contributed by atoms with Gasteiger partial charge in [0.2, 0.25) is 5.82 Å². The number of anilines is 1. The van der Waals surface area contributed by atoms with E-state index in [1.807, 2.05) is 41.4 Å². The molecular formula is C17H16N6O4. The van der Waals surface area contributed by atoms with E-state index in [1.54, 1.807) is 7.11 Å². The zero-order valence-electron chi connectivity index (χ0n) is 14.3. The minimum atomic E-state index is -0.733. The summed E-state index contributed by atoms with van der Waals surface area (Å²) in [7, 11) is 1.55. The third-order valence-electron chi connectivity index (χ3n) is 3.66. The lowest BCUT2D eigenvalue weighted by Gasteiger charge is -2.08. The number of carbonyl (C=O) groups excluding carboxylic acids is 1. The Morgan fingerprint density at radius 1 is 1.26 bits per heavy atom. The number of hydrazone groups is 1. The van der Waals surface area contributed by atoms with Crippen LogP contribution in [0.25, 0.3) is 10.8 Å². The third kappa shape index (κ3) is 4.18. The van der Waals surface area contributed by atoms with Crippen LogP contribution in [0.15, 0.2) is 51.1 Å². The third-order valence-corrected chi connectivity index (χ3v) is 3.66. The van der Waals surface area contributed by atoms with Crippen LogP contribution < -0.4 is 26.7 Å². The van der Waals surface area contributed by atoms with Crippen molar-refractivity contribution in [1.29, 1.82) is 0 Å². The number of benzene rings is 2. The molecule has 0 saturated carbocycles. The molecule has 10 heteroatoms. The van der Waals surface area contributed by atoms with Crippen molar-refractivity contribution in [3.8, 4) is 5.75 Å². The number of H-pyrrole nitrogens is 2. The van der Waals surface area contributed by atoms with Gasteiger partial charge in [-0.15, -0.1) is 5.10 Å². The molecule has 3 rings (SSSR count). The van der Waals surface area contributed by atoms with Gasteiger partial charge in [-0.1, -0.05) is 30.3 Å². The van der Waals surface area contributed by atoms with Crippen LogP contribution >= 0.6 is 0 Å². The summed E-state index contributed by atoms with van der Waals surface area (Å²) >= 11 is 0. The Balaban J connectivity index is 1.68. The van der Waals surface area contributed by atoms with Crippen LogP contribution in [0, 0.1) is 0 Å². The lowest BCUT2D eigenvalue weighted by atomic mass is 10.0. The fourth-order valence-electron chi connectivity index (χ4n) is 2.43. The number of rotatable bonds is 6. The maximum Gasteiger partial charge on any atom is 0.342 e. The van der Waals surface area contributed by atoms with Gasteiger partial charge in [-0.25, -0.2) is 15.3 Å². The molecule has 0 saturated heterocycles. The number of hydrogen-bond donors (Lipinski definition) is 4. The summed E-state index contributed by atoms with van der Waals surface area (Å²) < 4.78 is 5.35. The highest BCUT2D eigenvalue weighted by Crippen LogP contribution is 2.26. The topological polar surface area (TPSA) is 141 Å². The maximum absolute atomic E-state index is 11.9. The van der Waals surface area contributed by atoms with Crippen molar-refractivity contribution in [1.82, 2.24) is 20.6 Å². The average Bonchev–Trinajstić information content (AvgIpc) is 2.67. The molecule has 27 heavy (non-hydrogen) atoms. The number of aromatic nitrogens is 3. The molecule has 0 spiro atoms. The minimum Gasteiger partial charge on any atom is -0.496 e.